The highest BCUT2D eigenvalue weighted by Gasteiger charge is 2.42. The van der Waals surface area contributed by atoms with Crippen LogP contribution in [0.2, 0.25) is 0 Å². The van der Waals surface area contributed by atoms with Gasteiger partial charge in [0.05, 0.1) is 18.5 Å². The van der Waals surface area contributed by atoms with Crippen LogP contribution in [0.15, 0.2) is 10.5 Å². The molecule has 0 aromatic heterocycles. The number of carbonyl (C=O) groups is 2. The van der Waals surface area contributed by atoms with Crippen LogP contribution in [0.1, 0.15) is 34.1 Å². The Hall–Kier alpha value is -1.21. The Labute approximate surface area is 135 Å². The van der Waals surface area contributed by atoms with Crippen molar-refractivity contribution in [1.82, 2.24) is 4.90 Å². The number of hydrogen-bond acceptors (Lipinski definition) is 6. The quantitative estimate of drug-likeness (QED) is 0.782. The molecule has 7 heteroatoms. The molecule has 2 heterocycles. The first kappa shape index (κ1) is 17.1. The van der Waals surface area contributed by atoms with Gasteiger partial charge in [-0.1, -0.05) is 0 Å². The molecule has 0 fully saturated rings. The lowest BCUT2D eigenvalue weighted by molar-refractivity contribution is -0.146. The number of carbonyl (C=O) groups excluding carboxylic acids is 2. The van der Waals surface area contributed by atoms with E-state index in [1.807, 2.05) is 20.8 Å². The number of nitrogens with zero attached hydrogens (tertiary/aromatic N) is 1. The summed E-state index contributed by atoms with van der Waals surface area (Å²) in [5, 5.41) is -0.331. The second kappa shape index (κ2) is 6.50. The summed E-state index contributed by atoms with van der Waals surface area (Å²) in [5.74, 6) is -0.654. The number of amides is 1. The lowest BCUT2D eigenvalue weighted by atomic mass is 9.93. The van der Waals surface area contributed by atoms with Crippen LogP contribution in [0.4, 0.5) is 4.79 Å². The topological polar surface area (TPSA) is 81.9 Å². The Morgan fingerprint density at radius 2 is 2.09 bits per heavy atom. The van der Waals surface area contributed by atoms with E-state index in [-0.39, 0.29) is 23.4 Å². The molecule has 0 unspecified atom stereocenters. The van der Waals surface area contributed by atoms with Crippen molar-refractivity contribution in [3.63, 3.8) is 0 Å². The van der Waals surface area contributed by atoms with Gasteiger partial charge in [0.15, 0.2) is 0 Å². The predicted octanol–water partition coefficient (Wildman–Crippen LogP) is 2.09. The normalized spacial score (nSPS) is 25.0. The van der Waals surface area contributed by atoms with E-state index in [0.29, 0.717) is 26.1 Å². The highest BCUT2D eigenvalue weighted by atomic mass is 32.2. The highest BCUT2D eigenvalue weighted by molar-refractivity contribution is 8.04. The van der Waals surface area contributed by atoms with Crippen molar-refractivity contribution < 1.29 is 19.1 Å². The minimum absolute atomic E-state index is 0.266. The van der Waals surface area contributed by atoms with Gasteiger partial charge in [0.2, 0.25) is 0 Å². The monoisotopic (exact) mass is 328 g/mol. The molecule has 0 aromatic rings. The smallest absolute Gasteiger partial charge is 0.410 e. The van der Waals surface area contributed by atoms with E-state index >= 15 is 0 Å². The molecule has 0 radical (unpaired) electrons. The molecule has 2 aliphatic rings. The van der Waals surface area contributed by atoms with E-state index in [4.69, 9.17) is 15.2 Å². The Balaban J connectivity index is 2.07. The summed E-state index contributed by atoms with van der Waals surface area (Å²) in [5.41, 5.74) is 6.59. The zero-order valence-corrected chi connectivity index (χ0v) is 14.4. The van der Waals surface area contributed by atoms with Crippen molar-refractivity contribution in [2.24, 2.45) is 11.7 Å². The van der Waals surface area contributed by atoms with Gasteiger partial charge in [0.25, 0.3) is 0 Å². The highest BCUT2D eigenvalue weighted by Crippen LogP contribution is 2.44. The molecule has 0 saturated heterocycles. The van der Waals surface area contributed by atoms with Crippen LogP contribution in [-0.4, -0.2) is 47.6 Å². The zero-order valence-electron chi connectivity index (χ0n) is 13.5. The van der Waals surface area contributed by atoms with Crippen LogP contribution >= 0.6 is 11.8 Å². The van der Waals surface area contributed by atoms with E-state index in [9.17, 15) is 9.59 Å². The fourth-order valence-electron chi connectivity index (χ4n) is 2.61. The third-order valence-electron chi connectivity index (χ3n) is 3.52. The molecule has 2 aliphatic heterocycles. The minimum atomic E-state index is -0.515. The molecule has 1 amide bonds. The van der Waals surface area contributed by atoms with Gasteiger partial charge in [-0.05, 0) is 39.7 Å². The van der Waals surface area contributed by atoms with Crippen LogP contribution < -0.4 is 5.73 Å². The van der Waals surface area contributed by atoms with Gasteiger partial charge in [-0.3, -0.25) is 4.79 Å². The summed E-state index contributed by atoms with van der Waals surface area (Å²) in [7, 11) is 0. The maximum atomic E-state index is 12.2. The Morgan fingerprint density at radius 1 is 1.41 bits per heavy atom. The van der Waals surface area contributed by atoms with Crippen LogP contribution in [0, 0.1) is 5.92 Å². The van der Waals surface area contributed by atoms with Crippen LogP contribution in [0.3, 0.4) is 0 Å². The van der Waals surface area contributed by atoms with E-state index in [1.165, 1.54) is 11.8 Å². The third kappa shape index (κ3) is 3.76. The second-order valence-corrected chi connectivity index (χ2v) is 7.69. The summed E-state index contributed by atoms with van der Waals surface area (Å²) in [6.07, 6.45) is 0.312. The number of nitrogens with two attached hydrogens (primary N) is 1. The summed E-state index contributed by atoms with van der Waals surface area (Å²) < 4.78 is 10.5. The lowest BCUT2D eigenvalue weighted by Gasteiger charge is -2.31. The number of ether oxygens (including phenoxy) is 2. The van der Waals surface area contributed by atoms with E-state index in [0.717, 1.165) is 10.5 Å². The van der Waals surface area contributed by atoms with Gasteiger partial charge in [-0.25, -0.2) is 4.79 Å². The van der Waals surface area contributed by atoms with Crippen molar-refractivity contribution >= 4 is 23.8 Å². The Morgan fingerprint density at radius 3 is 2.68 bits per heavy atom. The summed E-state index contributed by atoms with van der Waals surface area (Å²) in [6.45, 7) is 8.66. The number of esters is 1. The number of hydrogen-bond donors (Lipinski definition) is 1. The summed E-state index contributed by atoms with van der Waals surface area (Å²) >= 11 is 1.46. The van der Waals surface area contributed by atoms with Crippen molar-refractivity contribution in [2.75, 3.05) is 19.7 Å². The first-order valence-corrected chi connectivity index (χ1v) is 8.39. The third-order valence-corrected chi connectivity index (χ3v) is 4.74. The van der Waals surface area contributed by atoms with Gasteiger partial charge in [0.1, 0.15) is 11.5 Å². The average molecular weight is 328 g/mol. The molecule has 0 saturated carbocycles. The van der Waals surface area contributed by atoms with Gasteiger partial charge < -0.3 is 20.1 Å². The molecule has 0 aliphatic carbocycles. The maximum Gasteiger partial charge on any atom is 0.410 e. The van der Waals surface area contributed by atoms with Crippen molar-refractivity contribution in [3.8, 4) is 0 Å². The van der Waals surface area contributed by atoms with Gasteiger partial charge in [-0.2, -0.15) is 0 Å². The Bertz CT molecular complexity index is 498. The molecule has 124 valence electrons. The van der Waals surface area contributed by atoms with Gasteiger partial charge in [0, 0.05) is 11.4 Å². The number of rotatable bonds is 2. The number of thioether (sulfide) groups is 1. The van der Waals surface area contributed by atoms with Gasteiger partial charge >= 0.3 is 12.1 Å². The van der Waals surface area contributed by atoms with Crippen LogP contribution in [0.25, 0.3) is 0 Å². The zero-order chi connectivity index (χ0) is 16.5. The van der Waals surface area contributed by atoms with Crippen molar-refractivity contribution in [3.05, 3.63) is 10.5 Å². The second-order valence-electron chi connectivity index (χ2n) is 6.41. The molecule has 22 heavy (non-hydrogen) atoms. The largest absolute Gasteiger partial charge is 0.465 e. The van der Waals surface area contributed by atoms with Gasteiger partial charge in [-0.15, -0.1) is 11.8 Å². The Kier molecular flexibility index (Phi) is 5.07. The molecule has 2 N–H and O–H groups in total. The van der Waals surface area contributed by atoms with Crippen molar-refractivity contribution in [1.29, 1.82) is 0 Å². The summed E-state index contributed by atoms with van der Waals surface area (Å²) in [6, 6.07) is 0. The standard InChI is InChI=1S/C15H24N2O4S/c1-5-20-13(18)11-9-6-7-17(8-10(9)22-12(11)16)14(19)21-15(2,3)4/h11-12H,5-8,16H2,1-4H3/t11-,12-/m1/s1. The first-order valence-electron chi connectivity index (χ1n) is 7.51. The van der Waals surface area contributed by atoms with E-state index in [1.54, 1.807) is 11.8 Å². The predicted molar refractivity (Wildman–Crippen MR) is 85.1 cm³/mol. The fraction of sp³-hybridized carbons (Fsp3) is 0.733. The maximum absolute atomic E-state index is 12.2. The summed E-state index contributed by atoms with van der Waals surface area (Å²) in [4.78, 5) is 26.9. The molecule has 0 spiro atoms. The SMILES string of the molecule is CCOC(=O)[C@@H]1C2=C(CN(C(=O)OC(C)(C)C)CC2)S[C@H]1N. The van der Waals surface area contributed by atoms with Crippen LogP contribution in [0.5, 0.6) is 0 Å². The molecule has 0 bridgehead atoms. The van der Waals surface area contributed by atoms with Crippen molar-refractivity contribution in [2.45, 2.75) is 45.1 Å². The molecule has 2 atom stereocenters. The van der Waals surface area contributed by atoms with Crippen LogP contribution in [-0.2, 0) is 14.3 Å². The molecule has 6 nitrogen and oxygen atoms in total. The molecule has 0 aromatic carbocycles. The minimum Gasteiger partial charge on any atom is -0.465 e. The molecular formula is C15H24N2O4S. The molecule has 2 rings (SSSR count). The lowest BCUT2D eigenvalue weighted by Crippen LogP contribution is -2.41. The van der Waals surface area contributed by atoms with E-state index < -0.39 is 5.60 Å². The average Bonchev–Trinajstić information content (AvgIpc) is 2.71. The van der Waals surface area contributed by atoms with E-state index in [2.05, 4.69) is 0 Å². The fourth-order valence-corrected chi connectivity index (χ4v) is 3.96. The molecular weight excluding hydrogens is 304 g/mol. The first-order chi connectivity index (χ1) is 10.2.